The second kappa shape index (κ2) is 19.4. The van der Waals surface area contributed by atoms with E-state index in [1.807, 2.05) is 0 Å². The van der Waals surface area contributed by atoms with E-state index in [4.69, 9.17) is 20.2 Å². The van der Waals surface area contributed by atoms with E-state index < -0.39 is 32.4 Å². The third-order valence-electron chi connectivity index (χ3n) is 5.25. The van der Waals surface area contributed by atoms with Gasteiger partial charge in [-0.15, -0.1) is 0 Å². The summed E-state index contributed by atoms with van der Waals surface area (Å²) in [6, 6.07) is 0. The largest absolute Gasteiger partial charge is 0.470 e. The number of carbonyl (C=O) groups is 1. The lowest BCUT2D eigenvalue weighted by molar-refractivity contribution is -0.298. The number of hydrogen-bond acceptors (Lipinski definition) is 6. The van der Waals surface area contributed by atoms with Crippen LogP contribution in [0.1, 0.15) is 110 Å². The average Bonchev–Trinajstić information content (AvgIpc) is 2.70. The second-order valence-electron chi connectivity index (χ2n) is 8.01. The van der Waals surface area contributed by atoms with Crippen molar-refractivity contribution < 1.29 is 38.9 Å². The Kier molecular flexibility index (Phi) is 19.1. The average molecular weight is 455 g/mol. The van der Waals surface area contributed by atoms with Crippen molar-refractivity contribution in [1.82, 2.24) is 0 Å². The lowest BCUT2D eigenvalue weighted by atomic mass is 10.0. The van der Waals surface area contributed by atoms with E-state index in [0.29, 0.717) is 6.42 Å². The molecule has 8 nitrogen and oxygen atoms in total. The van der Waals surface area contributed by atoms with Gasteiger partial charge in [0.05, 0.1) is 6.61 Å². The van der Waals surface area contributed by atoms with Crippen LogP contribution in [0.3, 0.4) is 0 Å². The molecule has 1 unspecified atom stereocenters. The van der Waals surface area contributed by atoms with Crippen LogP contribution in [-0.4, -0.2) is 44.7 Å². The van der Waals surface area contributed by atoms with Crippen molar-refractivity contribution in [1.29, 1.82) is 0 Å². The second-order valence-corrected chi connectivity index (χ2v) is 9.20. The van der Waals surface area contributed by atoms with Gasteiger partial charge in [-0.05, 0) is 6.42 Å². The predicted octanol–water partition coefficient (Wildman–Crippen LogP) is 5.15. The van der Waals surface area contributed by atoms with Gasteiger partial charge in [-0.1, -0.05) is 96.8 Å². The summed E-state index contributed by atoms with van der Waals surface area (Å²) in [6.45, 7) is 1.44. The van der Waals surface area contributed by atoms with Crippen molar-refractivity contribution >= 4 is 13.6 Å². The first-order chi connectivity index (χ1) is 14.4. The van der Waals surface area contributed by atoms with Crippen LogP contribution in [-0.2, 0) is 18.8 Å². The number of carbonyl (C=O) groups excluding carboxylic acids is 1. The van der Waals surface area contributed by atoms with Crippen LogP contribution in [0.25, 0.3) is 0 Å². The van der Waals surface area contributed by atoms with E-state index in [1.165, 1.54) is 70.6 Å². The number of hydrogen-bond donors (Lipinski definition) is 4. The molecule has 0 spiro atoms. The van der Waals surface area contributed by atoms with Gasteiger partial charge >= 0.3 is 7.82 Å². The summed E-state index contributed by atoms with van der Waals surface area (Å²) < 4.78 is 15.4. The number of aliphatic hydroxyl groups excluding tert-OH is 1. The summed E-state index contributed by atoms with van der Waals surface area (Å²) in [4.78, 5) is 33.9. The summed E-state index contributed by atoms with van der Waals surface area (Å²) in [5, 5.41) is 17.8. The maximum absolute atomic E-state index is 12.1. The first kappa shape index (κ1) is 29.7. The summed E-state index contributed by atoms with van der Waals surface area (Å²) in [7, 11) is -4.95. The topological polar surface area (TPSA) is 134 Å². The lowest BCUT2D eigenvalue weighted by Gasteiger charge is -2.22. The molecule has 0 saturated heterocycles. The Morgan fingerprint density at radius 2 is 1.20 bits per heavy atom. The molecule has 0 aliphatic rings. The van der Waals surface area contributed by atoms with Crippen LogP contribution in [0.2, 0.25) is 0 Å². The fourth-order valence-corrected chi connectivity index (χ4v) is 4.03. The molecule has 0 heterocycles. The highest BCUT2D eigenvalue weighted by Crippen LogP contribution is 2.39. The van der Waals surface area contributed by atoms with Crippen molar-refractivity contribution in [2.75, 3.05) is 6.61 Å². The molecule has 0 fully saturated rings. The van der Waals surface area contributed by atoms with E-state index in [2.05, 4.69) is 16.3 Å². The molecule has 0 aromatic carbocycles. The first-order valence-electron chi connectivity index (χ1n) is 11.5. The molecular weight excluding hydrogens is 411 g/mol. The molecular formula is C21H43O8P. The maximum Gasteiger partial charge on any atom is 0.470 e. The number of phosphoric acid groups is 1. The standard InChI is InChI=1S/C21H43O8P/c1-2-3-4-5-6-7-8-9-10-11-12-13-14-15-16-17-19(23)21(20(18-22)28-24)29-30(25,26)27/h20-22,24H,2-18H2,1H3,(H2,25,26,27)/t20-,21?/m0/s1. The van der Waals surface area contributed by atoms with Crippen molar-refractivity contribution in [3.63, 3.8) is 0 Å². The van der Waals surface area contributed by atoms with Gasteiger partial charge in [-0.2, -0.15) is 0 Å². The molecule has 0 aliphatic heterocycles. The maximum atomic E-state index is 12.1. The molecule has 0 saturated carbocycles. The lowest BCUT2D eigenvalue weighted by Crippen LogP contribution is -2.39. The van der Waals surface area contributed by atoms with Crippen molar-refractivity contribution in [3.8, 4) is 0 Å². The van der Waals surface area contributed by atoms with Crippen LogP contribution in [0.15, 0.2) is 0 Å². The van der Waals surface area contributed by atoms with Gasteiger partial charge in [0.1, 0.15) is 6.10 Å². The quantitative estimate of drug-likeness (QED) is 0.0764. The number of aliphatic hydroxyl groups is 1. The van der Waals surface area contributed by atoms with E-state index >= 15 is 0 Å². The Hall–Kier alpha value is -0.340. The molecule has 4 N–H and O–H groups in total. The van der Waals surface area contributed by atoms with Gasteiger partial charge < -0.3 is 14.9 Å². The zero-order valence-electron chi connectivity index (χ0n) is 18.5. The van der Waals surface area contributed by atoms with E-state index in [9.17, 15) is 9.36 Å². The molecule has 0 radical (unpaired) electrons. The molecule has 0 aromatic heterocycles. The van der Waals surface area contributed by atoms with Gasteiger partial charge in [-0.25, -0.2) is 9.45 Å². The molecule has 0 rings (SSSR count). The SMILES string of the molecule is CCCCCCCCCCCCCCCCCC(=O)C(OP(=O)(O)O)[C@H](CO)OO. The Morgan fingerprint density at radius 3 is 1.53 bits per heavy atom. The summed E-state index contributed by atoms with van der Waals surface area (Å²) in [5.41, 5.74) is 0. The Labute approximate surface area is 181 Å². The first-order valence-corrected chi connectivity index (χ1v) is 13.1. The molecule has 30 heavy (non-hydrogen) atoms. The van der Waals surface area contributed by atoms with E-state index in [0.717, 1.165) is 19.3 Å². The molecule has 180 valence electrons. The number of Topliss-reactive ketones (excluding diaryl/α,β-unsaturated/α-hetero) is 1. The minimum Gasteiger partial charge on any atom is -0.393 e. The highest BCUT2D eigenvalue weighted by atomic mass is 31.2. The summed E-state index contributed by atoms with van der Waals surface area (Å²) in [6.07, 6.45) is 14.7. The number of unbranched alkanes of at least 4 members (excludes halogenated alkanes) is 14. The molecule has 0 aliphatic carbocycles. The molecule has 9 heteroatoms. The normalized spacial score (nSPS) is 14.0. The fraction of sp³-hybridized carbons (Fsp3) is 0.952. The molecule has 0 aromatic rings. The zero-order chi connectivity index (χ0) is 22.7. The molecule has 0 bridgehead atoms. The van der Waals surface area contributed by atoms with E-state index in [1.54, 1.807) is 0 Å². The van der Waals surface area contributed by atoms with Gasteiger partial charge in [-0.3, -0.25) is 14.6 Å². The van der Waals surface area contributed by atoms with Crippen LogP contribution in [0.5, 0.6) is 0 Å². The third kappa shape index (κ3) is 17.4. The summed E-state index contributed by atoms with van der Waals surface area (Å²) in [5.74, 6) is -0.610. The number of phosphoric ester groups is 1. The van der Waals surface area contributed by atoms with Crippen LogP contribution >= 0.6 is 7.82 Å². The molecule has 2 atom stereocenters. The highest BCUT2D eigenvalue weighted by Gasteiger charge is 2.35. The monoisotopic (exact) mass is 454 g/mol. The van der Waals surface area contributed by atoms with Crippen molar-refractivity contribution in [2.45, 2.75) is 122 Å². The Balaban J connectivity index is 3.72. The van der Waals surface area contributed by atoms with Gasteiger partial charge in [0.15, 0.2) is 11.9 Å². The zero-order valence-corrected chi connectivity index (χ0v) is 19.4. The van der Waals surface area contributed by atoms with Crippen LogP contribution in [0.4, 0.5) is 0 Å². The smallest absolute Gasteiger partial charge is 0.393 e. The van der Waals surface area contributed by atoms with Gasteiger partial charge in [0, 0.05) is 6.42 Å². The van der Waals surface area contributed by atoms with E-state index in [-0.39, 0.29) is 6.42 Å². The number of rotatable bonds is 22. The van der Waals surface area contributed by atoms with Crippen LogP contribution in [0, 0.1) is 0 Å². The fourth-order valence-electron chi connectivity index (χ4n) is 3.48. The Morgan fingerprint density at radius 1 is 0.800 bits per heavy atom. The minimum atomic E-state index is -4.95. The predicted molar refractivity (Wildman–Crippen MR) is 116 cm³/mol. The minimum absolute atomic E-state index is 0.0444. The third-order valence-corrected chi connectivity index (χ3v) is 5.75. The number of ketones is 1. The van der Waals surface area contributed by atoms with Crippen LogP contribution < -0.4 is 0 Å². The van der Waals surface area contributed by atoms with Crippen molar-refractivity contribution in [2.24, 2.45) is 0 Å². The summed E-state index contributed by atoms with van der Waals surface area (Å²) >= 11 is 0. The van der Waals surface area contributed by atoms with Gasteiger partial charge in [0.25, 0.3) is 0 Å². The van der Waals surface area contributed by atoms with Crippen molar-refractivity contribution in [3.05, 3.63) is 0 Å². The highest BCUT2D eigenvalue weighted by molar-refractivity contribution is 7.46. The van der Waals surface area contributed by atoms with Gasteiger partial charge in [0.2, 0.25) is 0 Å². The molecule has 0 amide bonds. The Bertz CT molecular complexity index is 450.